The lowest BCUT2D eigenvalue weighted by atomic mass is 10.1. The SMILES string of the molecule is Cc1cccc(F)c1NCC(/C(N)=N/O)C(F)(F)F. The van der Waals surface area contributed by atoms with Crippen LogP contribution in [0.2, 0.25) is 0 Å². The van der Waals surface area contributed by atoms with Gasteiger partial charge >= 0.3 is 6.18 Å². The molecule has 0 saturated heterocycles. The molecule has 0 spiro atoms. The lowest BCUT2D eigenvalue weighted by Crippen LogP contribution is -2.40. The predicted octanol–water partition coefficient (Wildman–Crippen LogP) is 2.47. The summed E-state index contributed by atoms with van der Waals surface area (Å²) in [6.45, 7) is 0.832. The maximum absolute atomic E-state index is 13.4. The van der Waals surface area contributed by atoms with E-state index in [9.17, 15) is 17.6 Å². The van der Waals surface area contributed by atoms with E-state index in [2.05, 4.69) is 10.5 Å². The first-order valence-electron chi connectivity index (χ1n) is 5.30. The highest BCUT2D eigenvalue weighted by Gasteiger charge is 2.42. The van der Waals surface area contributed by atoms with Gasteiger partial charge in [0.05, 0.1) is 5.69 Å². The number of hydrogen-bond acceptors (Lipinski definition) is 3. The van der Waals surface area contributed by atoms with Crippen LogP contribution in [0.25, 0.3) is 0 Å². The van der Waals surface area contributed by atoms with E-state index in [-0.39, 0.29) is 5.69 Å². The summed E-state index contributed by atoms with van der Waals surface area (Å²) in [6, 6.07) is 4.12. The first-order valence-corrected chi connectivity index (χ1v) is 5.30. The Balaban J connectivity index is 2.89. The van der Waals surface area contributed by atoms with Gasteiger partial charge in [0.25, 0.3) is 0 Å². The van der Waals surface area contributed by atoms with Crippen LogP contribution in [-0.4, -0.2) is 23.8 Å². The maximum atomic E-state index is 13.4. The number of rotatable bonds is 4. The molecule has 1 atom stereocenters. The van der Waals surface area contributed by atoms with Gasteiger partial charge in [-0.25, -0.2) is 4.39 Å². The summed E-state index contributed by atoms with van der Waals surface area (Å²) < 4.78 is 51.4. The molecule has 19 heavy (non-hydrogen) atoms. The van der Waals surface area contributed by atoms with Crippen LogP contribution < -0.4 is 11.1 Å². The Hall–Kier alpha value is -1.99. The Morgan fingerprint density at radius 2 is 2.11 bits per heavy atom. The second kappa shape index (κ2) is 5.77. The maximum Gasteiger partial charge on any atom is 0.400 e. The Morgan fingerprint density at radius 1 is 1.47 bits per heavy atom. The Bertz CT molecular complexity index is 453. The fourth-order valence-electron chi connectivity index (χ4n) is 1.52. The van der Waals surface area contributed by atoms with E-state index in [1.54, 1.807) is 13.0 Å². The number of nitrogens with zero attached hydrogens (tertiary/aromatic N) is 1. The van der Waals surface area contributed by atoms with Gasteiger partial charge in [0.15, 0.2) is 5.84 Å². The summed E-state index contributed by atoms with van der Waals surface area (Å²) in [5.41, 5.74) is 5.41. The van der Waals surface area contributed by atoms with E-state index < -0.39 is 30.3 Å². The van der Waals surface area contributed by atoms with Crippen LogP contribution in [0, 0.1) is 18.7 Å². The molecule has 0 aliphatic rings. The molecule has 8 heteroatoms. The summed E-state index contributed by atoms with van der Waals surface area (Å²) in [5, 5.41) is 13.0. The van der Waals surface area contributed by atoms with Gasteiger partial charge in [-0.05, 0) is 18.6 Å². The molecule has 4 nitrogen and oxygen atoms in total. The Labute approximate surface area is 106 Å². The van der Waals surface area contributed by atoms with E-state index in [4.69, 9.17) is 10.9 Å². The number of aryl methyl sites for hydroxylation is 1. The number of amidine groups is 1. The van der Waals surface area contributed by atoms with Crippen molar-refractivity contribution in [2.75, 3.05) is 11.9 Å². The van der Waals surface area contributed by atoms with Crippen LogP contribution in [0.15, 0.2) is 23.4 Å². The second-order valence-corrected chi connectivity index (χ2v) is 3.93. The average Bonchev–Trinajstić information content (AvgIpc) is 2.30. The summed E-state index contributed by atoms with van der Waals surface area (Å²) in [7, 11) is 0. The van der Waals surface area contributed by atoms with Crippen molar-refractivity contribution in [1.29, 1.82) is 0 Å². The molecule has 1 aromatic carbocycles. The monoisotopic (exact) mass is 279 g/mol. The van der Waals surface area contributed by atoms with Crippen molar-refractivity contribution < 1.29 is 22.8 Å². The Morgan fingerprint density at radius 3 is 2.58 bits per heavy atom. The smallest absolute Gasteiger partial charge is 0.400 e. The molecule has 0 heterocycles. The highest BCUT2D eigenvalue weighted by atomic mass is 19.4. The van der Waals surface area contributed by atoms with Crippen molar-refractivity contribution in [3.8, 4) is 0 Å². The van der Waals surface area contributed by atoms with Crippen LogP contribution in [0.1, 0.15) is 5.56 Å². The quantitative estimate of drug-likeness (QED) is 0.261. The molecule has 0 aromatic heterocycles. The lowest BCUT2D eigenvalue weighted by molar-refractivity contribution is -0.152. The van der Waals surface area contributed by atoms with Gasteiger partial charge < -0.3 is 16.3 Å². The molecule has 1 aromatic rings. The fraction of sp³-hybridized carbons (Fsp3) is 0.364. The van der Waals surface area contributed by atoms with Gasteiger partial charge in [0, 0.05) is 6.54 Å². The summed E-state index contributed by atoms with van der Waals surface area (Å²) in [4.78, 5) is 0. The van der Waals surface area contributed by atoms with Gasteiger partial charge in [-0.2, -0.15) is 13.2 Å². The van der Waals surface area contributed by atoms with Crippen molar-refractivity contribution >= 4 is 11.5 Å². The predicted molar refractivity (Wildman–Crippen MR) is 62.6 cm³/mol. The van der Waals surface area contributed by atoms with Crippen molar-refractivity contribution in [3.05, 3.63) is 29.6 Å². The molecule has 0 aliphatic carbocycles. The lowest BCUT2D eigenvalue weighted by Gasteiger charge is -2.20. The second-order valence-electron chi connectivity index (χ2n) is 3.93. The van der Waals surface area contributed by atoms with Crippen LogP contribution in [0.3, 0.4) is 0 Å². The number of nitrogens with one attached hydrogen (secondary N) is 1. The highest BCUT2D eigenvalue weighted by Crippen LogP contribution is 2.28. The minimum absolute atomic E-state index is 0.0394. The minimum atomic E-state index is -4.69. The first-order chi connectivity index (χ1) is 8.77. The van der Waals surface area contributed by atoms with Gasteiger partial charge in [-0.3, -0.25) is 0 Å². The van der Waals surface area contributed by atoms with Gasteiger partial charge in [-0.1, -0.05) is 17.3 Å². The molecule has 4 N–H and O–H groups in total. The van der Waals surface area contributed by atoms with E-state index >= 15 is 0 Å². The third-order valence-electron chi connectivity index (χ3n) is 2.57. The highest BCUT2D eigenvalue weighted by molar-refractivity contribution is 5.83. The standard InChI is InChI=1S/C11H13F4N3O/c1-6-3-2-4-8(12)9(6)17-5-7(10(16)18-19)11(13,14)15/h2-4,7,17,19H,5H2,1H3,(H2,16,18). The zero-order valence-electron chi connectivity index (χ0n) is 10.0. The Kier molecular flexibility index (Phi) is 4.57. The number of halogens is 4. The summed E-state index contributed by atoms with van der Waals surface area (Å²) >= 11 is 0. The molecular formula is C11H13F4N3O. The zero-order chi connectivity index (χ0) is 14.6. The number of para-hydroxylation sites is 1. The average molecular weight is 279 g/mol. The summed E-state index contributed by atoms with van der Waals surface area (Å²) in [5.74, 6) is -3.84. The molecule has 0 aliphatic heterocycles. The number of alkyl halides is 3. The minimum Gasteiger partial charge on any atom is -0.409 e. The van der Waals surface area contributed by atoms with Crippen LogP contribution >= 0.6 is 0 Å². The number of hydrogen-bond donors (Lipinski definition) is 3. The molecule has 0 bridgehead atoms. The van der Waals surface area contributed by atoms with E-state index in [1.165, 1.54) is 6.07 Å². The van der Waals surface area contributed by atoms with Crippen LogP contribution in [-0.2, 0) is 0 Å². The topological polar surface area (TPSA) is 70.6 Å². The molecule has 0 fully saturated rings. The van der Waals surface area contributed by atoms with Gasteiger partial charge in [0.2, 0.25) is 0 Å². The number of benzene rings is 1. The van der Waals surface area contributed by atoms with Crippen molar-refractivity contribution in [2.45, 2.75) is 13.1 Å². The molecular weight excluding hydrogens is 266 g/mol. The van der Waals surface area contributed by atoms with Gasteiger partial charge in [-0.15, -0.1) is 0 Å². The molecule has 0 radical (unpaired) electrons. The van der Waals surface area contributed by atoms with Crippen molar-refractivity contribution in [2.24, 2.45) is 16.8 Å². The van der Waals surface area contributed by atoms with Crippen molar-refractivity contribution in [3.63, 3.8) is 0 Å². The largest absolute Gasteiger partial charge is 0.409 e. The van der Waals surface area contributed by atoms with Gasteiger partial charge in [0.1, 0.15) is 11.7 Å². The molecule has 0 amide bonds. The third-order valence-corrected chi connectivity index (χ3v) is 2.57. The van der Waals surface area contributed by atoms with E-state index in [1.807, 2.05) is 0 Å². The van der Waals surface area contributed by atoms with Crippen molar-refractivity contribution in [1.82, 2.24) is 0 Å². The number of nitrogens with two attached hydrogens (primary N) is 1. The molecule has 0 saturated carbocycles. The summed E-state index contributed by atoms with van der Waals surface area (Å²) in [6.07, 6.45) is -4.69. The zero-order valence-corrected chi connectivity index (χ0v) is 10.0. The molecule has 1 rings (SSSR count). The van der Waals surface area contributed by atoms with E-state index in [0.717, 1.165) is 6.07 Å². The third kappa shape index (κ3) is 3.73. The van der Waals surface area contributed by atoms with E-state index in [0.29, 0.717) is 5.56 Å². The van der Waals surface area contributed by atoms with Crippen LogP contribution in [0.4, 0.5) is 23.2 Å². The fourth-order valence-corrected chi connectivity index (χ4v) is 1.52. The number of anilines is 1. The van der Waals surface area contributed by atoms with Crippen LogP contribution in [0.5, 0.6) is 0 Å². The molecule has 1 unspecified atom stereocenters. The number of oxime groups is 1. The normalized spacial score (nSPS) is 14.3. The first kappa shape index (κ1) is 15.1. The molecule has 106 valence electrons.